The first-order chi connectivity index (χ1) is 19.6. The van der Waals surface area contributed by atoms with Crippen molar-refractivity contribution < 1.29 is 9.53 Å². The average molecular weight is 532 g/mol. The van der Waals surface area contributed by atoms with Gasteiger partial charge in [-0.05, 0) is 65.4 Å². The molecule has 7 rings (SSSR count). The fourth-order valence-corrected chi connectivity index (χ4v) is 5.65. The number of fused-ring (bicyclic) bond motifs is 1. The Bertz CT molecular complexity index is 1660. The van der Waals surface area contributed by atoms with Crippen molar-refractivity contribution in [3.8, 4) is 28.6 Å². The molecule has 2 aliphatic heterocycles. The highest BCUT2D eigenvalue weighted by Crippen LogP contribution is 2.43. The number of aromatic nitrogens is 4. The molecule has 2 fully saturated rings. The lowest BCUT2D eigenvalue weighted by Crippen LogP contribution is -2.35. The summed E-state index contributed by atoms with van der Waals surface area (Å²) in [5.74, 6) is 1.72. The number of nitriles is 1. The Kier molecular flexibility index (Phi) is 6.14. The van der Waals surface area contributed by atoms with Gasteiger partial charge < -0.3 is 9.30 Å². The number of nitrogens with zero attached hydrogens (tertiary/aromatic N) is 7. The van der Waals surface area contributed by atoms with E-state index in [9.17, 15) is 10.1 Å². The van der Waals surface area contributed by atoms with E-state index in [1.165, 1.54) is 0 Å². The summed E-state index contributed by atoms with van der Waals surface area (Å²) in [5, 5.41) is 18.0. The maximum absolute atomic E-state index is 13.8. The van der Waals surface area contributed by atoms with Crippen LogP contribution in [0.4, 0.5) is 5.82 Å². The van der Waals surface area contributed by atoms with Crippen LogP contribution in [0.25, 0.3) is 22.5 Å². The number of pyridine rings is 1. The van der Waals surface area contributed by atoms with Gasteiger partial charge in [0.25, 0.3) is 5.91 Å². The fraction of sp³-hybridized carbons (Fsp3) is 0.323. The molecule has 0 radical (unpaired) electrons. The van der Waals surface area contributed by atoms with Crippen LogP contribution in [0, 0.1) is 11.3 Å². The summed E-state index contributed by atoms with van der Waals surface area (Å²) in [4.78, 5) is 22.9. The van der Waals surface area contributed by atoms with E-state index in [1.807, 2.05) is 41.9 Å². The Morgan fingerprint density at radius 3 is 2.62 bits per heavy atom. The lowest BCUT2D eigenvalue weighted by atomic mass is 9.96. The average Bonchev–Trinajstić information content (AvgIpc) is 3.68. The van der Waals surface area contributed by atoms with Crippen LogP contribution < -0.4 is 4.90 Å². The number of carbonyl (C=O) groups is 1. The molecule has 200 valence electrons. The molecule has 0 unspecified atom stereocenters. The molecule has 0 spiro atoms. The topological polar surface area (TPSA) is 100 Å². The van der Waals surface area contributed by atoms with E-state index in [2.05, 4.69) is 39.4 Å². The molecular weight excluding hydrogens is 502 g/mol. The van der Waals surface area contributed by atoms with E-state index in [0.29, 0.717) is 29.7 Å². The van der Waals surface area contributed by atoms with Gasteiger partial charge in [0.1, 0.15) is 12.1 Å². The van der Waals surface area contributed by atoms with Crippen molar-refractivity contribution in [1.29, 1.82) is 5.26 Å². The molecule has 1 amide bonds. The van der Waals surface area contributed by atoms with Gasteiger partial charge in [0.05, 0.1) is 31.4 Å². The standard InChI is InChI=1S/C31H29N7O2/c1-36-19-33-35-30(36)27-12-20(16-32)3-7-25(27)24-14-28(22-5-6-22)34-29(15-24)38-18-23-4-2-21(13-26(23)31(38)39)17-37-8-10-40-11-9-37/h2-4,7,12-15,19,22H,5-6,8-11,17-18H2,1H3. The Hall–Kier alpha value is -4.39. The summed E-state index contributed by atoms with van der Waals surface area (Å²) in [6.45, 7) is 4.62. The van der Waals surface area contributed by atoms with Crippen LogP contribution >= 0.6 is 0 Å². The van der Waals surface area contributed by atoms with Crippen molar-refractivity contribution in [2.24, 2.45) is 7.05 Å². The molecule has 1 aliphatic carbocycles. The largest absolute Gasteiger partial charge is 0.379 e. The van der Waals surface area contributed by atoms with Crippen molar-refractivity contribution in [3.63, 3.8) is 0 Å². The maximum Gasteiger partial charge on any atom is 0.260 e. The van der Waals surface area contributed by atoms with E-state index in [1.54, 1.807) is 11.2 Å². The number of aryl methyl sites for hydroxylation is 1. The van der Waals surface area contributed by atoms with Crippen molar-refractivity contribution in [2.45, 2.75) is 31.8 Å². The van der Waals surface area contributed by atoms with Gasteiger partial charge in [-0.3, -0.25) is 14.6 Å². The number of ether oxygens (including phenoxy) is 1. The second-order valence-corrected chi connectivity index (χ2v) is 10.8. The minimum Gasteiger partial charge on any atom is -0.379 e. The minimum atomic E-state index is -0.0152. The van der Waals surface area contributed by atoms with Crippen LogP contribution in [-0.2, 0) is 24.9 Å². The molecule has 4 aromatic rings. The SMILES string of the molecule is Cn1cnnc1-c1cc(C#N)ccc1-c1cc(C2CC2)nc(N2Cc3ccc(CN4CCOCC4)cc3C2=O)c1. The Labute approximate surface area is 232 Å². The first-order valence-electron chi connectivity index (χ1n) is 13.7. The van der Waals surface area contributed by atoms with Crippen LogP contribution in [0.15, 0.2) is 54.9 Å². The van der Waals surface area contributed by atoms with Gasteiger partial charge in [-0.25, -0.2) is 4.98 Å². The van der Waals surface area contributed by atoms with Gasteiger partial charge in [0, 0.05) is 49.4 Å². The minimum absolute atomic E-state index is 0.0152. The first kappa shape index (κ1) is 24.6. The van der Waals surface area contributed by atoms with Gasteiger partial charge >= 0.3 is 0 Å². The summed E-state index contributed by atoms with van der Waals surface area (Å²) >= 11 is 0. The van der Waals surface area contributed by atoms with Crippen LogP contribution in [0.5, 0.6) is 0 Å². The smallest absolute Gasteiger partial charge is 0.260 e. The molecule has 9 heteroatoms. The molecule has 1 saturated carbocycles. The molecule has 9 nitrogen and oxygen atoms in total. The third kappa shape index (κ3) is 4.55. The van der Waals surface area contributed by atoms with Crippen LogP contribution in [0.3, 0.4) is 0 Å². The second-order valence-electron chi connectivity index (χ2n) is 10.8. The molecular formula is C31H29N7O2. The number of benzene rings is 2. The summed E-state index contributed by atoms with van der Waals surface area (Å²) in [7, 11) is 1.89. The van der Waals surface area contributed by atoms with E-state index in [-0.39, 0.29) is 5.91 Å². The Balaban J connectivity index is 1.26. The van der Waals surface area contributed by atoms with Gasteiger partial charge in [-0.1, -0.05) is 18.2 Å². The van der Waals surface area contributed by atoms with Crippen LogP contribution in [0.1, 0.15) is 51.5 Å². The molecule has 2 aromatic carbocycles. The molecule has 1 saturated heterocycles. The van der Waals surface area contributed by atoms with Gasteiger partial charge in [0.2, 0.25) is 0 Å². The lowest BCUT2D eigenvalue weighted by molar-refractivity contribution is 0.0342. The molecule has 3 aliphatic rings. The quantitative estimate of drug-likeness (QED) is 0.366. The zero-order valence-corrected chi connectivity index (χ0v) is 22.4. The number of amides is 1. The predicted molar refractivity (Wildman–Crippen MR) is 149 cm³/mol. The molecule has 4 heterocycles. The third-order valence-electron chi connectivity index (χ3n) is 8.00. The summed E-state index contributed by atoms with van der Waals surface area (Å²) in [5.41, 5.74) is 7.17. The number of carbonyl (C=O) groups excluding carboxylic acids is 1. The monoisotopic (exact) mass is 531 g/mol. The molecule has 2 aromatic heterocycles. The first-order valence-corrected chi connectivity index (χ1v) is 13.7. The highest BCUT2D eigenvalue weighted by Gasteiger charge is 2.32. The number of hydrogen-bond acceptors (Lipinski definition) is 7. The lowest BCUT2D eigenvalue weighted by Gasteiger charge is -2.26. The highest BCUT2D eigenvalue weighted by atomic mass is 16.5. The predicted octanol–water partition coefficient (Wildman–Crippen LogP) is 4.29. The fourth-order valence-electron chi connectivity index (χ4n) is 5.65. The zero-order chi connectivity index (χ0) is 27.2. The Morgan fingerprint density at radius 2 is 1.88 bits per heavy atom. The third-order valence-corrected chi connectivity index (χ3v) is 8.00. The number of morpholine rings is 1. The van der Waals surface area contributed by atoms with Crippen molar-refractivity contribution in [3.05, 3.63) is 82.8 Å². The van der Waals surface area contributed by atoms with Crippen LogP contribution in [-0.4, -0.2) is 56.9 Å². The van der Waals surface area contributed by atoms with E-state index in [4.69, 9.17) is 9.72 Å². The van der Waals surface area contributed by atoms with E-state index in [0.717, 1.165) is 84.8 Å². The normalized spacial score (nSPS) is 17.2. The Morgan fingerprint density at radius 1 is 1.02 bits per heavy atom. The number of anilines is 1. The van der Waals surface area contributed by atoms with Crippen molar-refractivity contribution in [1.82, 2.24) is 24.6 Å². The zero-order valence-electron chi connectivity index (χ0n) is 22.4. The van der Waals surface area contributed by atoms with Crippen LogP contribution in [0.2, 0.25) is 0 Å². The molecule has 0 atom stereocenters. The van der Waals surface area contributed by atoms with E-state index >= 15 is 0 Å². The summed E-state index contributed by atoms with van der Waals surface area (Å²) < 4.78 is 7.32. The second kappa shape index (κ2) is 9.97. The van der Waals surface area contributed by atoms with Gasteiger partial charge in [-0.15, -0.1) is 10.2 Å². The summed E-state index contributed by atoms with van der Waals surface area (Å²) in [6, 6.07) is 18.2. The van der Waals surface area contributed by atoms with E-state index < -0.39 is 0 Å². The molecule has 40 heavy (non-hydrogen) atoms. The molecule has 0 bridgehead atoms. The number of hydrogen-bond donors (Lipinski definition) is 0. The maximum atomic E-state index is 13.8. The van der Waals surface area contributed by atoms with Gasteiger partial charge in [0.15, 0.2) is 5.82 Å². The highest BCUT2D eigenvalue weighted by molar-refractivity contribution is 6.10. The van der Waals surface area contributed by atoms with Crippen molar-refractivity contribution >= 4 is 11.7 Å². The molecule has 0 N–H and O–H groups in total. The summed E-state index contributed by atoms with van der Waals surface area (Å²) in [6.07, 6.45) is 3.84. The van der Waals surface area contributed by atoms with Crippen molar-refractivity contribution in [2.75, 3.05) is 31.2 Å². The number of rotatable bonds is 6. The van der Waals surface area contributed by atoms with Gasteiger partial charge in [-0.2, -0.15) is 5.26 Å².